The molecule has 0 aliphatic carbocycles. The normalized spacial score (nSPS) is 11.1. The van der Waals surface area contributed by atoms with Gasteiger partial charge in [-0.1, -0.05) is 367 Å². The Hall–Kier alpha value is -8.04. The van der Waals surface area contributed by atoms with E-state index in [1.807, 2.05) is 109 Å². The lowest BCUT2D eigenvalue weighted by Gasteiger charge is -2.11. The van der Waals surface area contributed by atoms with Gasteiger partial charge < -0.3 is 14.2 Å². The Morgan fingerprint density at radius 3 is 0.514 bits per heavy atom. The number of hydrogen-bond acceptors (Lipinski definition) is 3. The lowest BCUT2D eigenvalue weighted by molar-refractivity contribution is 0.304. The highest BCUT2D eigenvalue weighted by molar-refractivity contribution is 5.75. The summed E-state index contributed by atoms with van der Waals surface area (Å²) < 4.78 is 108. The molecular weight excluding hydrogens is 1360 g/mol. The van der Waals surface area contributed by atoms with Gasteiger partial charge in [0.25, 0.3) is 0 Å². The Morgan fingerprint density at radius 1 is 0.174 bits per heavy atom. The first-order valence-electron chi connectivity index (χ1n) is 42.3. The van der Waals surface area contributed by atoms with Crippen molar-refractivity contribution in [3.8, 4) is 84.0 Å². The van der Waals surface area contributed by atoms with Crippen LogP contribution < -0.4 is 14.2 Å². The van der Waals surface area contributed by atoms with Crippen LogP contribution in [0.25, 0.3) is 66.8 Å². The summed E-state index contributed by atoms with van der Waals surface area (Å²) in [5.41, 5.74) is 9.39. The zero-order valence-corrected chi connectivity index (χ0v) is 67.1. The van der Waals surface area contributed by atoms with Gasteiger partial charge in [-0.3, -0.25) is 0 Å². The summed E-state index contributed by atoms with van der Waals surface area (Å²) in [7, 11) is 0. The van der Waals surface area contributed by atoms with Crippen LogP contribution >= 0.6 is 0 Å². The molecule has 9 aromatic rings. The molecular formula is C100H128F6O3. The average Bonchev–Trinajstić information content (AvgIpc) is 0.808. The number of ether oxygens (including phenoxy) is 3. The first kappa shape index (κ1) is 88.2. The van der Waals surface area contributed by atoms with Crippen LogP contribution in [-0.4, -0.2) is 19.8 Å². The minimum absolute atomic E-state index is 0.265. The number of benzene rings is 9. The number of aryl methyl sites for hydroxylation is 3. The van der Waals surface area contributed by atoms with Gasteiger partial charge >= 0.3 is 0 Å². The Labute approximate surface area is 653 Å². The van der Waals surface area contributed by atoms with Crippen LogP contribution in [0.1, 0.15) is 277 Å². The molecule has 0 aromatic heterocycles. The van der Waals surface area contributed by atoms with E-state index in [2.05, 4.69) is 41.5 Å². The lowest BCUT2D eigenvalue weighted by Crippen LogP contribution is -1.98. The molecule has 0 aliphatic heterocycles. The number of unbranched alkanes of at least 4 members (excludes halogenated alkanes) is 28. The molecule has 109 heavy (non-hydrogen) atoms. The van der Waals surface area contributed by atoms with Gasteiger partial charge in [-0.05, 0) is 144 Å². The van der Waals surface area contributed by atoms with Crippen LogP contribution in [0, 0.1) is 34.9 Å². The molecule has 0 atom stereocenters. The Morgan fingerprint density at radius 2 is 0.330 bits per heavy atom. The van der Waals surface area contributed by atoms with Crippen LogP contribution in [0.5, 0.6) is 17.2 Å². The molecule has 0 amide bonds. The minimum atomic E-state index is -0.814. The summed E-state index contributed by atoms with van der Waals surface area (Å²) in [6, 6.07) is 55.2. The third kappa shape index (κ3) is 31.0. The van der Waals surface area contributed by atoms with Gasteiger partial charge in [0.1, 0.15) is 17.2 Å². The molecule has 0 heterocycles. The maximum absolute atomic E-state index is 15.1. The summed E-state index contributed by atoms with van der Waals surface area (Å²) in [4.78, 5) is 0. The molecule has 9 rings (SSSR count). The smallest absolute Gasteiger partial charge is 0.167 e. The predicted molar refractivity (Wildman–Crippen MR) is 450 cm³/mol. The van der Waals surface area contributed by atoms with E-state index in [1.165, 1.54) is 196 Å². The summed E-state index contributed by atoms with van der Waals surface area (Å²) in [6.45, 7) is 15.3. The monoisotopic (exact) mass is 1490 g/mol. The summed E-state index contributed by atoms with van der Waals surface area (Å²) in [6.07, 6.45) is 45.4. The van der Waals surface area contributed by atoms with Crippen molar-refractivity contribution in [3.63, 3.8) is 0 Å². The van der Waals surface area contributed by atoms with Gasteiger partial charge in [-0.15, -0.1) is 0 Å². The molecule has 0 fully saturated rings. The van der Waals surface area contributed by atoms with Gasteiger partial charge in [0.15, 0.2) is 34.9 Å². The second kappa shape index (κ2) is 52.2. The van der Waals surface area contributed by atoms with Crippen molar-refractivity contribution in [2.45, 2.75) is 279 Å². The summed E-state index contributed by atoms with van der Waals surface area (Å²) in [5.74, 6) is -2.56. The van der Waals surface area contributed by atoms with Gasteiger partial charge in [0.05, 0.1) is 19.8 Å². The maximum atomic E-state index is 15.1. The number of halogens is 6. The number of rotatable bonds is 49. The molecule has 0 saturated carbocycles. The standard InChI is InChI=1S/C35H46F2O.C33H42F2O.C32H40F2O/c1-3-5-7-8-9-10-11-12-13-15-27-38-31-23-21-30(22-24-31)33-26-25-32(34(36)35(33)37)29-19-17-28(18-20-29)16-14-6-4-2;1-3-5-7-8-9-10-11-13-25-36-29-21-19-28(20-22-29)31-24-23-30(32(34)33(31)35)27-17-15-26(16-18-27)14-12-6-4-2;1-3-5-7-8-9-10-12-24-35-28-20-18-27(19-21-28)30-23-22-29(31(33)32(30)34)26-16-14-25(15-17-26)13-11-6-4-2/h17-26H,3-16,27H2,1-2H3;15-24H,3-14,25H2,1-2H3;14-23H,3-13,24H2,1-2H3. The maximum Gasteiger partial charge on any atom is 0.167 e. The van der Waals surface area contributed by atoms with Crippen molar-refractivity contribution < 1.29 is 40.6 Å². The van der Waals surface area contributed by atoms with E-state index in [9.17, 15) is 4.39 Å². The molecule has 9 heteroatoms. The van der Waals surface area contributed by atoms with Crippen LogP contribution in [0.2, 0.25) is 0 Å². The first-order valence-corrected chi connectivity index (χ1v) is 42.3. The van der Waals surface area contributed by atoms with Gasteiger partial charge in [0, 0.05) is 33.4 Å². The van der Waals surface area contributed by atoms with Crippen LogP contribution in [0.4, 0.5) is 26.3 Å². The van der Waals surface area contributed by atoms with Crippen molar-refractivity contribution in [2.24, 2.45) is 0 Å². The van der Waals surface area contributed by atoms with Crippen LogP contribution in [0.3, 0.4) is 0 Å². The fourth-order valence-electron chi connectivity index (χ4n) is 13.9. The zero-order valence-electron chi connectivity index (χ0n) is 67.1. The molecule has 0 bridgehead atoms. The van der Waals surface area contributed by atoms with Gasteiger partial charge in [-0.25, -0.2) is 26.3 Å². The highest BCUT2D eigenvalue weighted by atomic mass is 19.2. The predicted octanol–water partition coefficient (Wildman–Crippen LogP) is 32.0. The quantitative estimate of drug-likeness (QED) is 0.0281. The van der Waals surface area contributed by atoms with E-state index in [1.54, 1.807) is 72.8 Å². The van der Waals surface area contributed by atoms with Crippen molar-refractivity contribution in [1.82, 2.24) is 0 Å². The Kier molecular flexibility index (Phi) is 42.2. The van der Waals surface area contributed by atoms with Gasteiger partial charge in [-0.2, -0.15) is 0 Å². The average molecular weight is 1490 g/mol. The summed E-state index contributed by atoms with van der Waals surface area (Å²) in [5, 5.41) is 0. The van der Waals surface area contributed by atoms with Crippen molar-refractivity contribution in [3.05, 3.63) is 234 Å². The number of hydrogen-bond donors (Lipinski definition) is 0. The topological polar surface area (TPSA) is 27.7 Å². The Bertz CT molecular complexity index is 3900. The lowest BCUT2D eigenvalue weighted by atomic mass is 9.97. The van der Waals surface area contributed by atoms with E-state index >= 15 is 22.0 Å². The molecule has 0 N–H and O–H groups in total. The molecule has 0 unspecified atom stereocenters. The summed E-state index contributed by atoms with van der Waals surface area (Å²) >= 11 is 0. The highest BCUT2D eigenvalue weighted by Crippen LogP contribution is 2.37. The van der Waals surface area contributed by atoms with Crippen molar-refractivity contribution in [2.75, 3.05) is 19.8 Å². The van der Waals surface area contributed by atoms with E-state index in [0.29, 0.717) is 69.9 Å². The van der Waals surface area contributed by atoms with Crippen molar-refractivity contribution >= 4 is 0 Å². The zero-order chi connectivity index (χ0) is 77.5. The fourth-order valence-corrected chi connectivity index (χ4v) is 13.9. The highest BCUT2D eigenvalue weighted by Gasteiger charge is 2.20. The van der Waals surface area contributed by atoms with E-state index in [-0.39, 0.29) is 16.7 Å². The minimum Gasteiger partial charge on any atom is -0.494 e. The van der Waals surface area contributed by atoms with Crippen LogP contribution in [-0.2, 0) is 19.3 Å². The largest absolute Gasteiger partial charge is 0.494 e. The van der Waals surface area contributed by atoms with E-state index in [4.69, 9.17) is 14.2 Å². The molecule has 0 radical (unpaired) electrons. The third-order valence-corrected chi connectivity index (χ3v) is 20.8. The van der Waals surface area contributed by atoms with E-state index in [0.717, 1.165) is 75.0 Å². The first-order chi connectivity index (χ1) is 53.4. The van der Waals surface area contributed by atoms with Gasteiger partial charge in [0.2, 0.25) is 0 Å². The second-order valence-electron chi connectivity index (χ2n) is 29.7. The molecule has 0 aliphatic rings. The van der Waals surface area contributed by atoms with Crippen LogP contribution in [0.15, 0.2) is 182 Å². The second-order valence-corrected chi connectivity index (χ2v) is 29.7. The van der Waals surface area contributed by atoms with E-state index < -0.39 is 34.9 Å². The molecule has 0 spiro atoms. The molecule has 9 aromatic carbocycles. The fraction of sp³-hybridized carbons (Fsp3) is 0.460. The molecule has 588 valence electrons. The molecule has 3 nitrogen and oxygen atoms in total. The Balaban J connectivity index is 0.000000228. The SMILES string of the molecule is CCCCCCCCCCCCOc1ccc(-c2ccc(-c3ccc(CCCCC)cc3)c(F)c2F)cc1.CCCCCCCCCCOc1ccc(-c2ccc(-c3ccc(CCCCC)cc3)c(F)c2F)cc1.CCCCCCCCCOc1ccc(-c2ccc(-c3ccc(CCCCC)cc3)c(F)c2F)cc1. The van der Waals surface area contributed by atoms with Crippen molar-refractivity contribution in [1.29, 1.82) is 0 Å². The molecule has 0 saturated heterocycles. The third-order valence-electron chi connectivity index (χ3n) is 20.8.